The topological polar surface area (TPSA) is 81.4 Å². The number of hydrogen-bond acceptors (Lipinski definition) is 4. The zero-order valence-corrected chi connectivity index (χ0v) is 14.1. The molecule has 0 heterocycles. The number of methoxy groups -OCH3 is 1. The van der Waals surface area contributed by atoms with Gasteiger partial charge < -0.3 is 15.8 Å². The van der Waals surface area contributed by atoms with E-state index < -0.39 is 22.0 Å². The second kappa shape index (κ2) is 8.58. The third-order valence-corrected chi connectivity index (χ3v) is 5.06. The Bertz CT molecular complexity index is 517. The number of carbonyl (C=O) groups excluding carboxylic acids is 1. The maximum Gasteiger partial charge on any atom is 0.239 e. The number of nitrogens with two attached hydrogens (primary N) is 1. The number of nitrogen functional groups attached to an aromatic ring is 1. The highest BCUT2D eigenvalue weighted by Crippen LogP contribution is 2.33. The molecule has 0 aliphatic carbocycles. The van der Waals surface area contributed by atoms with Crippen molar-refractivity contribution in [3.63, 3.8) is 0 Å². The van der Waals surface area contributed by atoms with Gasteiger partial charge in [-0.05, 0) is 25.5 Å². The van der Waals surface area contributed by atoms with E-state index in [-0.39, 0.29) is 15.7 Å². The molecule has 0 bridgehead atoms. The summed E-state index contributed by atoms with van der Waals surface area (Å²) >= 11 is 12.0. The molecule has 0 aromatic heterocycles. The molecule has 1 aromatic rings. The van der Waals surface area contributed by atoms with Crippen LogP contribution in [0.3, 0.4) is 0 Å². The average molecular weight is 353 g/mol. The lowest BCUT2D eigenvalue weighted by atomic mass is 10.2. The highest BCUT2D eigenvalue weighted by atomic mass is 35.5. The summed E-state index contributed by atoms with van der Waals surface area (Å²) in [4.78, 5) is 12.1. The van der Waals surface area contributed by atoms with Crippen molar-refractivity contribution in [1.29, 1.82) is 0 Å². The van der Waals surface area contributed by atoms with Gasteiger partial charge in [-0.15, -0.1) is 0 Å². The van der Waals surface area contributed by atoms with Gasteiger partial charge in [-0.2, -0.15) is 0 Å². The molecule has 0 radical (unpaired) electrons. The molecule has 2 atom stereocenters. The minimum Gasteiger partial charge on any atom is -0.399 e. The first-order chi connectivity index (χ1) is 9.86. The van der Waals surface area contributed by atoms with Gasteiger partial charge in [0.05, 0.1) is 15.7 Å². The number of nitrogens with one attached hydrogen (secondary N) is 1. The Balaban J connectivity index is 2.70. The predicted molar refractivity (Wildman–Crippen MR) is 88.5 cm³/mol. The minimum absolute atomic E-state index is 0.241. The monoisotopic (exact) mass is 352 g/mol. The summed E-state index contributed by atoms with van der Waals surface area (Å²) in [6.45, 7) is 2.10. The van der Waals surface area contributed by atoms with Crippen LogP contribution in [0.2, 0.25) is 10.0 Å². The molecule has 8 heteroatoms. The number of rotatable bonds is 7. The van der Waals surface area contributed by atoms with Gasteiger partial charge in [0, 0.05) is 36.0 Å². The number of benzene rings is 1. The lowest BCUT2D eigenvalue weighted by Crippen LogP contribution is -2.30. The van der Waals surface area contributed by atoms with Gasteiger partial charge in [0.2, 0.25) is 5.91 Å². The zero-order valence-electron chi connectivity index (χ0n) is 11.8. The average Bonchev–Trinajstić information content (AvgIpc) is 2.41. The molecule has 0 spiro atoms. The third kappa shape index (κ3) is 5.47. The lowest BCUT2D eigenvalue weighted by Gasteiger charge is -2.14. The fourth-order valence-corrected chi connectivity index (χ4v) is 3.23. The number of ether oxygens (including phenoxy) is 1. The number of carbonyl (C=O) groups is 1. The van der Waals surface area contributed by atoms with Crippen LogP contribution in [-0.4, -0.2) is 34.8 Å². The molecule has 3 N–H and O–H groups in total. The van der Waals surface area contributed by atoms with E-state index in [4.69, 9.17) is 33.7 Å². The van der Waals surface area contributed by atoms with Crippen molar-refractivity contribution < 1.29 is 13.7 Å². The van der Waals surface area contributed by atoms with Crippen LogP contribution in [-0.2, 0) is 20.3 Å². The SMILES string of the molecule is COCCCS(=O)C(C)C(=O)Nc1c(Cl)cc(N)cc1Cl. The van der Waals surface area contributed by atoms with E-state index in [1.165, 1.54) is 12.1 Å². The van der Waals surface area contributed by atoms with Crippen LogP contribution >= 0.6 is 23.2 Å². The second-order valence-electron chi connectivity index (χ2n) is 4.42. The highest BCUT2D eigenvalue weighted by molar-refractivity contribution is 7.86. The smallest absolute Gasteiger partial charge is 0.239 e. The second-order valence-corrected chi connectivity index (χ2v) is 7.11. The standard InChI is InChI=1S/C13H18Cl2N2O3S/c1-8(21(19)5-3-4-20-2)13(18)17-12-10(14)6-9(16)7-11(12)15/h6-8H,3-5,16H2,1-2H3,(H,17,18). The summed E-state index contributed by atoms with van der Waals surface area (Å²) in [6, 6.07) is 2.98. The first-order valence-electron chi connectivity index (χ1n) is 6.28. The fraction of sp³-hybridized carbons (Fsp3) is 0.462. The molecule has 21 heavy (non-hydrogen) atoms. The highest BCUT2D eigenvalue weighted by Gasteiger charge is 2.21. The van der Waals surface area contributed by atoms with Crippen molar-refractivity contribution >= 4 is 51.3 Å². The van der Waals surface area contributed by atoms with E-state index >= 15 is 0 Å². The van der Waals surface area contributed by atoms with Crippen molar-refractivity contribution in [2.75, 3.05) is 30.5 Å². The van der Waals surface area contributed by atoms with Crippen LogP contribution in [0.15, 0.2) is 12.1 Å². The van der Waals surface area contributed by atoms with E-state index in [1.807, 2.05) is 0 Å². The largest absolute Gasteiger partial charge is 0.399 e. The summed E-state index contributed by atoms with van der Waals surface area (Å²) < 4.78 is 16.9. The summed E-state index contributed by atoms with van der Waals surface area (Å²) in [6.07, 6.45) is 0.629. The van der Waals surface area contributed by atoms with Crippen molar-refractivity contribution in [1.82, 2.24) is 0 Å². The van der Waals surface area contributed by atoms with Gasteiger partial charge in [-0.25, -0.2) is 0 Å². The number of hydrogen-bond donors (Lipinski definition) is 2. The normalized spacial score (nSPS) is 13.7. The van der Waals surface area contributed by atoms with Crippen LogP contribution in [0.1, 0.15) is 13.3 Å². The molecular formula is C13H18Cl2N2O3S. The first-order valence-corrected chi connectivity index (χ1v) is 8.42. The van der Waals surface area contributed by atoms with Gasteiger partial charge in [0.15, 0.2) is 0 Å². The summed E-state index contributed by atoms with van der Waals surface area (Å²) in [5.41, 5.74) is 6.27. The van der Waals surface area contributed by atoms with Crippen molar-refractivity contribution in [3.8, 4) is 0 Å². The molecule has 0 fully saturated rings. The molecular weight excluding hydrogens is 335 g/mol. The van der Waals surface area contributed by atoms with E-state index in [9.17, 15) is 9.00 Å². The van der Waals surface area contributed by atoms with E-state index in [0.717, 1.165) is 0 Å². The van der Waals surface area contributed by atoms with Gasteiger partial charge in [0.1, 0.15) is 5.25 Å². The Morgan fingerprint density at radius 2 is 2.00 bits per heavy atom. The van der Waals surface area contributed by atoms with E-state index in [1.54, 1.807) is 14.0 Å². The molecule has 1 aromatic carbocycles. The van der Waals surface area contributed by atoms with Crippen LogP contribution in [0.5, 0.6) is 0 Å². The zero-order chi connectivity index (χ0) is 16.0. The molecule has 5 nitrogen and oxygen atoms in total. The minimum atomic E-state index is -1.29. The van der Waals surface area contributed by atoms with Crippen molar-refractivity contribution in [2.24, 2.45) is 0 Å². The van der Waals surface area contributed by atoms with Crippen molar-refractivity contribution in [2.45, 2.75) is 18.6 Å². The Morgan fingerprint density at radius 1 is 1.43 bits per heavy atom. The van der Waals surface area contributed by atoms with Gasteiger partial charge >= 0.3 is 0 Å². The molecule has 0 aliphatic heterocycles. The Morgan fingerprint density at radius 3 is 2.52 bits per heavy atom. The van der Waals surface area contributed by atoms with Crippen LogP contribution < -0.4 is 11.1 Å². The Kier molecular flexibility index (Phi) is 7.45. The fourth-order valence-electron chi connectivity index (χ4n) is 1.58. The van der Waals surface area contributed by atoms with Gasteiger partial charge in [-0.3, -0.25) is 9.00 Å². The van der Waals surface area contributed by atoms with Gasteiger partial charge in [0.25, 0.3) is 0 Å². The molecule has 1 amide bonds. The molecule has 0 saturated heterocycles. The van der Waals surface area contributed by atoms with E-state index in [0.29, 0.717) is 24.5 Å². The first kappa shape index (κ1) is 18.2. The third-order valence-electron chi connectivity index (χ3n) is 2.77. The van der Waals surface area contributed by atoms with Crippen LogP contribution in [0.4, 0.5) is 11.4 Å². The number of amides is 1. The quantitative estimate of drug-likeness (QED) is 0.583. The molecule has 1 rings (SSSR count). The molecule has 2 unspecified atom stereocenters. The molecule has 118 valence electrons. The molecule has 0 aliphatic rings. The number of halogens is 2. The molecule has 0 saturated carbocycles. The summed E-state index contributed by atoms with van der Waals surface area (Å²) in [5, 5.41) is 2.40. The number of anilines is 2. The van der Waals surface area contributed by atoms with Crippen molar-refractivity contribution in [3.05, 3.63) is 22.2 Å². The predicted octanol–water partition coefficient (Wildman–Crippen LogP) is 2.69. The van der Waals surface area contributed by atoms with Gasteiger partial charge in [-0.1, -0.05) is 23.2 Å². The summed E-state index contributed by atoms with van der Waals surface area (Å²) in [5.74, 6) is -0.00893. The summed E-state index contributed by atoms with van der Waals surface area (Å²) in [7, 11) is 0.283. The van der Waals surface area contributed by atoms with Crippen LogP contribution in [0.25, 0.3) is 0 Å². The Labute approximate surface area is 136 Å². The Hall–Kier alpha value is -0.820. The van der Waals surface area contributed by atoms with E-state index in [2.05, 4.69) is 5.32 Å². The van der Waals surface area contributed by atoms with Crippen LogP contribution in [0, 0.1) is 0 Å². The maximum absolute atomic E-state index is 12.1. The maximum atomic E-state index is 12.1. The lowest BCUT2D eigenvalue weighted by molar-refractivity contribution is -0.115.